The summed E-state index contributed by atoms with van der Waals surface area (Å²) in [5.74, 6) is -0.402. The van der Waals surface area contributed by atoms with Gasteiger partial charge < -0.3 is 20.7 Å². The number of rotatable bonds is 10. The number of allylic oxidation sites excluding steroid dienone is 9. The Morgan fingerprint density at radius 1 is 1.13 bits per heavy atom. The third kappa shape index (κ3) is 14.4. The molecule has 1 aliphatic carbocycles. The highest BCUT2D eigenvalue weighted by molar-refractivity contribution is 5.87. The summed E-state index contributed by atoms with van der Waals surface area (Å²) in [5.41, 5.74) is 2.42. The lowest BCUT2D eigenvalue weighted by atomic mass is 9.91. The van der Waals surface area contributed by atoms with E-state index in [0.29, 0.717) is 53.7 Å². The molecule has 0 saturated carbocycles. The van der Waals surface area contributed by atoms with Crippen LogP contribution in [0.25, 0.3) is 17.7 Å². The minimum Gasteiger partial charge on any atom is -0.478 e. The number of aliphatic carboxylic acids is 1. The average molecular weight is 658 g/mol. The van der Waals surface area contributed by atoms with Crippen LogP contribution < -0.4 is 10.6 Å². The summed E-state index contributed by atoms with van der Waals surface area (Å²) < 4.78 is 39.7. The number of hydrogen-bond acceptors (Lipinski definition) is 5. The van der Waals surface area contributed by atoms with Gasteiger partial charge in [0.05, 0.1) is 17.1 Å². The molecule has 11 heteroatoms. The minimum absolute atomic E-state index is 0.194. The number of hydrogen-bond donors (Lipinski definition) is 4. The van der Waals surface area contributed by atoms with Crippen molar-refractivity contribution in [3.63, 3.8) is 0 Å². The Kier molecular flexibility index (Phi) is 23.0. The molecule has 1 amide bonds. The summed E-state index contributed by atoms with van der Waals surface area (Å²) in [6.07, 6.45) is 19.0. The second-order valence-corrected chi connectivity index (χ2v) is 8.78. The van der Waals surface area contributed by atoms with Crippen LogP contribution in [-0.4, -0.2) is 46.4 Å². The van der Waals surface area contributed by atoms with Gasteiger partial charge in [0.2, 0.25) is 6.41 Å². The van der Waals surface area contributed by atoms with Crippen LogP contribution in [0.5, 0.6) is 0 Å². The van der Waals surface area contributed by atoms with E-state index in [1.165, 1.54) is 13.0 Å². The van der Waals surface area contributed by atoms with Crippen LogP contribution in [0.15, 0.2) is 69.7 Å². The molecule has 8 nitrogen and oxygen atoms in total. The Morgan fingerprint density at radius 3 is 2.30 bits per heavy atom. The third-order valence-corrected chi connectivity index (χ3v) is 6.14. The van der Waals surface area contributed by atoms with Crippen LogP contribution in [-0.2, 0) is 9.59 Å². The Balaban J connectivity index is 0. The summed E-state index contributed by atoms with van der Waals surface area (Å²) >= 11 is 0. The molecule has 2 heterocycles. The first-order valence-electron chi connectivity index (χ1n) is 15.6. The molecule has 0 spiro atoms. The number of nitrogens with one attached hydrogen (secondary N) is 3. The summed E-state index contributed by atoms with van der Waals surface area (Å²) in [6, 6.07) is 0. The lowest BCUT2D eigenvalue weighted by Gasteiger charge is -2.23. The van der Waals surface area contributed by atoms with Crippen LogP contribution in [0, 0.1) is 18.8 Å². The lowest BCUT2D eigenvalue weighted by Crippen LogP contribution is -2.27. The number of carbonyl (C=O) groups excluding carboxylic acids is 1. The van der Waals surface area contributed by atoms with Gasteiger partial charge in [-0.15, -0.1) is 12.8 Å². The second kappa shape index (κ2) is 24.4. The number of alkyl halides is 3. The number of nitrogens with zero attached hydrogens (tertiary/aromatic N) is 2. The highest BCUT2D eigenvalue weighted by Gasteiger charge is 2.33. The maximum Gasteiger partial charge on any atom is 0.413 e. The number of carbonyl (C=O) groups is 2. The molecule has 2 aliphatic rings. The summed E-state index contributed by atoms with van der Waals surface area (Å²) in [5, 5.41) is 15.0. The molecule has 4 N–H and O–H groups in total. The molecule has 0 saturated heterocycles. The van der Waals surface area contributed by atoms with Crippen LogP contribution in [0.4, 0.5) is 13.2 Å². The van der Waals surface area contributed by atoms with Crippen molar-refractivity contribution >= 4 is 36.3 Å². The van der Waals surface area contributed by atoms with Gasteiger partial charge >= 0.3 is 12.1 Å². The third-order valence-electron chi connectivity index (χ3n) is 6.14. The van der Waals surface area contributed by atoms with Crippen molar-refractivity contribution in [1.82, 2.24) is 20.6 Å². The van der Waals surface area contributed by atoms with Crippen LogP contribution >= 0.6 is 0 Å². The van der Waals surface area contributed by atoms with E-state index < -0.39 is 17.7 Å². The SMILES string of the molecule is C#C.C/C=C(\C=C/CNC1=C(NC=O)N=CC(C(/C=C(\C)C(=O)O)=C/C)C1)c1nc2c([nH]1)C=C(C(F)(F)F)CC=C2.CC.CC.CC. The number of aromatic nitrogens is 2. The van der Waals surface area contributed by atoms with Crippen molar-refractivity contribution in [2.75, 3.05) is 6.54 Å². The maximum absolute atomic E-state index is 13.2. The van der Waals surface area contributed by atoms with Crippen molar-refractivity contribution in [3.05, 3.63) is 81.9 Å². The number of aromatic amines is 1. The predicted octanol–water partition coefficient (Wildman–Crippen LogP) is 8.63. The van der Waals surface area contributed by atoms with E-state index in [4.69, 9.17) is 0 Å². The highest BCUT2D eigenvalue weighted by Crippen LogP contribution is 2.33. The molecule has 1 unspecified atom stereocenters. The first-order chi connectivity index (χ1) is 22.6. The van der Waals surface area contributed by atoms with Crippen molar-refractivity contribution in [3.8, 4) is 12.8 Å². The smallest absolute Gasteiger partial charge is 0.413 e. The molecule has 1 aromatic heterocycles. The van der Waals surface area contributed by atoms with E-state index in [-0.39, 0.29) is 17.9 Å². The molecule has 3 rings (SSSR count). The van der Waals surface area contributed by atoms with Crippen molar-refractivity contribution in [2.24, 2.45) is 10.9 Å². The van der Waals surface area contributed by atoms with E-state index in [9.17, 15) is 27.9 Å². The molecule has 1 aromatic rings. The van der Waals surface area contributed by atoms with Gasteiger partial charge in [0.25, 0.3) is 0 Å². The Morgan fingerprint density at radius 2 is 1.77 bits per heavy atom. The predicted molar refractivity (Wildman–Crippen MR) is 189 cm³/mol. The fraction of sp³-hybridized carbons (Fsp3) is 0.389. The quantitative estimate of drug-likeness (QED) is 0.0869. The molecular formula is C36H50F3N5O3. The lowest BCUT2D eigenvalue weighted by molar-refractivity contribution is -0.132. The van der Waals surface area contributed by atoms with Crippen molar-refractivity contribution in [2.45, 2.75) is 81.3 Å². The fourth-order valence-electron chi connectivity index (χ4n) is 4.05. The molecule has 0 radical (unpaired) electrons. The van der Waals surface area contributed by atoms with Gasteiger partial charge in [-0.3, -0.25) is 4.79 Å². The molecule has 0 aromatic carbocycles. The van der Waals surface area contributed by atoms with Crippen LogP contribution in [0.1, 0.15) is 92.4 Å². The summed E-state index contributed by atoms with van der Waals surface area (Å²) in [4.78, 5) is 34.1. The highest BCUT2D eigenvalue weighted by atomic mass is 19.4. The maximum atomic E-state index is 13.2. The van der Waals surface area contributed by atoms with Gasteiger partial charge in [-0.25, -0.2) is 14.8 Å². The number of H-pyrrole nitrogens is 1. The van der Waals surface area contributed by atoms with E-state index in [2.05, 4.69) is 38.4 Å². The van der Waals surface area contributed by atoms with Gasteiger partial charge in [0.15, 0.2) is 5.82 Å². The van der Waals surface area contributed by atoms with Gasteiger partial charge in [-0.1, -0.05) is 71.9 Å². The topological polar surface area (TPSA) is 119 Å². The number of terminal acetylenes is 1. The minimum atomic E-state index is -4.42. The summed E-state index contributed by atoms with van der Waals surface area (Å²) in [7, 11) is 0. The second-order valence-electron chi connectivity index (χ2n) is 8.78. The molecule has 258 valence electrons. The largest absolute Gasteiger partial charge is 0.478 e. The molecule has 1 atom stereocenters. The van der Waals surface area contributed by atoms with E-state index in [1.54, 1.807) is 37.4 Å². The fourth-order valence-corrected chi connectivity index (χ4v) is 4.05. The van der Waals surface area contributed by atoms with Crippen molar-refractivity contribution < 1.29 is 27.9 Å². The van der Waals surface area contributed by atoms with E-state index in [1.807, 2.05) is 60.6 Å². The number of carboxylic acid groups (broad SMARTS) is 1. The first-order valence-corrected chi connectivity index (χ1v) is 15.6. The normalized spacial score (nSPS) is 15.9. The number of imidazole rings is 1. The molecule has 0 fully saturated rings. The Bertz CT molecular complexity index is 1400. The summed E-state index contributed by atoms with van der Waals surface area (Å²) in [6.45, 7) is 17.5. The number of halogens is 3. The molecular weight excluding hydrogens is 607 g/mol. The number of aliphatic imine (C=N–C) groups is 1. The molecule has 0 bridgehead atoms. The zero-order valence-corrected chi connectivity index (χ0v) is 28.9. The van der Waals surface area contributed by atoms with E-state index in [0.717, 1.165) is 11.6 Å². The zero-order valence-electron chi connectivity index (χ0n) is 28.9. The zero-order chi connectivity index (χ0) is 36.6. The standard InChI is InChI=1S/C28H30F3N5O3.3C2H6.C2H2/c1-4-18(25-35-22-10-6-9-21(28(29,30)31)14-23(22)36-25)8-7-11-32-24-13-20(15-33-26(24)34-16-37)19(5-2)12-17(3)27(38)39;4*1-2/h4-8,10,12,14-16,20,32H,9,11,13H2,1-3H3,(H,34,37)(H,35,36)(H,38,39);3*1-2H3;1-2H/b8-7-,17-12+,18-4+,19-5+;;;;. The van der Waals surface area contributed by atoms with Gasteiger partial charge in [-0.05, 0) is 51.0 Å². The monoisotopic (exact) mass is 657 g/mol. The van der Waals surface area contributed by atoms with Gasteiger partial charge in [-0.2, -0.15) is 13.2 Å². The Hall–Kier alpha value is -4.85. The van der Waals surface area contributed by atoms with Crippen LogP contribution in [0.3, 0.4) is 0 Å². The van der Waals surface area contributed by atoms with Crippen LogP contribution in [0.2, 0.25) is 0 Å². The van der Waals surface area contributed by atoms with Gasteiger partial charge in [0.1, 0.15) is 5.82 Å². The van der Waals surface area contributed by atoms with Crippen molar-refractivity contribution in [1.29, 1.82) is 0 Å². The number of amides is 1. The average Bonchev–Trinajstić information content (AvgIpc) is 3.37. The molecule has 47 heavy (non-hydrogen) atoms. The van der Waals surface area contributed by atoms with Gasteiger partial charge in [0, 0.05) is 41.8 Å². The Labute approximate surface area is 278 Å². The number of carboxylic acids is 1. The first kappa shape index (κ1) is 44.3. The van der Waals surface area contributed by atoms with E-state index >= 15 is 0 Å². The number of fused-ring (bicyclic) bond motifs is 1. The molecule has 1 aliphatic heterocycles.